The highest BCUT2D eigenvalue weighted by atomic mass is 32.2. The van der Waals surface area contributed by atoms with Crippen molar-refractivity contribution in [1.82, 2.24) is 9.80 Å². The van der Waals surface area contributed by atoms with Crippen LogP contribution in [-0.2, 0) is 20.4 Å². The molecule has 28 heavy (non-hydrogen) atoms. The summed E-state index contributed by atoms with van der Waals surface area (Å²) in [5.41, 5.74) is 1.08. The van der Waals surface area contributed by atoms with Crippen molar-refractivity contribution in [3.63, 3.8) is 0 Å². The molecule has 0 aliphatic carbocycles. The van der Waals surface area contributed by atoms with Crippen LogP contribution in [0.1, 0.15) is 61.4 Å². The Morgan fingerprint density at radius 1 is 1.04 bits per heavy atom. The number of hydrogen-bond donors (Lipinski definition) is 0. The molecule has 0 aromatic heterocycles. The molecule has 154 valence electrons. The minimum Gasteiger partial charge on any atom is -0.339 e. The van der Waals surface area contributed by atoms with E-state index in [1.807, 2.05) is 11.8 Å². The van der Waals surface area contributed by atoms with Crippen LogP contribution in [-0.4, -0.2) is 61.5 Å². The van der Waals surface area contributed by atoms with Gasteiger partial charge in [0, 0.05) is 31.2 Å². The van der Waals surface area contributed by atoms with Crippen LogP contribution in [0, 0.1) is 0 Å². The van der Waals surface area contributed by atoms with Gasteiger partial charge in [0.15, 0.2) is 9.84 Å². The molecule has 1 unspecified atom stereocenters. The number of likely N-dealkylation sites (tertiary alicyclic amines) is 2. The van der Waals surface area contributed by atoms with Crippen molar-refractivity contribution in [3.8, 4) is 0 Å². The van der Waals surface area contributed by atoms with E-state index < -0.39 is 15.6 Å². The Morgan fingerprint density at radius 2 is 1.75 bits per heavy atom. The lowest BCUT2D eigenvalue weighted by atomic mass is 10.0. The molecule has 2 heterocycles. The van der Waals surface area contributed by atoms with Gasteiger partial charge in [-0.2, -0.15) is 0 Å². The third-order valence-corrected chi connectivity index (χ3v) is 7.13. The zero-order valence-corrected chi connectivity index (χ0v) is 17.4. The van der Waals surface area contributed by atoms with Gasteiger partial charge in [-0.1, -0.05) is 12.1 Å². The lowest BCUT2D eigenvalue weighted by Crippen LogP contribution is -2.44. The Balaban J connectivity index is 1.65. The van der Waals surface area contributed by atoms with Crippen molar-refractivity contribution < 1.29 is 18.0 Å². The zero-order valence-electron chi connectivity index (χ0n) is 16.6. The van der Waals surface area contributed by atoms with Gasteiger partial charge in [-0.25, -0.2) is 8.42 Å². The van der Waals surface area contributed by atoms with E-state index in [9.17, 15) is 18.0 Å². The second-order valence-corrected chi connectivity index (χ2v) is 10.1. The Hall–Kier alpha value is -1.89. The normalized spacial score (nSPS) is 20.8. The van der Waals surface area contributed by atoms with Crippen LogP contribution in [0.3, 0.4) is 0 Å². The Bertz CT molecular complexity index is 815. The van der Waals surface area contributed by atoms with Gasteiger partial charge in [0.05, 0.1) is 5.75 Å². The molecule has 2 saturated heterocycles. The van der Waals surface area contributed by atoms with E-state index >= 15 is 0 Å². The fraction of sp³-hybridized carbons (Fsp3) is 0.619. The first-order valence-corrected chi connectivity index (χ1v) is 12.1. The number of hydrogen-bond acceptors (Lipinski definition) is 4. The van der Waals surface area contributed by atoms with Gasteiger partial charge >= 0.3 is 0 Å². The first-order valence-electron chi connectivity index (χ1n) is 10.2. The first-order chi connectivity index (χ1) is 13.4. The van der Waals surface area contributed by atoms with E-state index in [2.05, 4.69) is 0 Å². The summed E-state index contributed by atoms with van der Waals surface area (Å²) < 4.78 is 25.2. The summed E-state index contributed by atoms with van der Waals surface area (Å²) in [6.45, 7) is 4.11. The van der Waals surface area contributed by atoms with Gasteiger partial charge in [0.1, 0.15) is 5.75 Å². The molecular weight excluding hydrogens is 376 g/mol. The SMILES string of the molecule is CC1CCCCN1C(=O)CS(=O)(=O)Cc1cccc(C(=O)N2CCCCC2)c1. The molecule has 2 fully saturated rings. The number of benzene rings is 1. The van der Waals surface area contributed by atoms with Crippen LogP contribution < -0.4 is 0 Å². The van der Waals surface area contributed by atoms with E-state index in [0.29, 0.717) is 17.7 Å². The molecule has 6 nitrogen and oxygen atoms in total. The van der Waals surface area contributed by atoms with E-state index in [4.69, 9.17) is 0 Å². The van der Waals surface area contributed by atoms with E-state index in [0.717, 1.165) is 51.6 Å². The number of rotatable bonds is 5. The van der Waals surface area contributed by atoms with Crippen molar-refractivity contribution in [1.29, 1.82) is 0 Å². The molecule has 2 aliphatic heterocycles. The molecule has 7 heteroatoms. The maximum Gasteiger partial charge on any atom is 0.253 e. The quantitative estimate of drug-likeness (QED) is 0.753. The molecule has 0 bridgehead atoms. The lowest BCUT2D eigenvalue weighted by Gasteiger charge is -2.33. The summed E-state index contributed by atoms with van der Waals surface area (Å²) in [7, 11) is -3.59. The molecular formula is C21H30N2O4S. The number of sulfone groups is 1. The Morgan fingerprint density at radius 3 is 2.46 bits per heavy atom. The number of carbonyl (C=O) groups is 2. The monoisotopic (exact) mass is 406 g/mol. The molecule has 0 saturated carbocycles. The fourth-order valence-electron chi connectivity index (χ4n) is 4.12. The highest BCUT2D eigenvalue weighted by Gasteiger charge is 2.27. The van der Waals surface area contributed by atoms with Gasteiger partial charge in [-0.15, -0.1) is 0 Å². The highest BCUT2D eigenvalue weighted by molar-refractivity contribution is 7.91. The zero-order chi connectivity index (χ0) is 20.1. The van der Waals surface area contributed by atoms with Gasteiger partial charge < -0.3 is 9.80 Å². The van der Waals surface area contributed by atoms with E-state index in [-0.39, 0.29) is 23.6 Å². The van der Waals surface area contributed by atoms with Crippen LogP contribution in [0.15, 0.2) is 24.3 Å². The average Bonchev–Trinajstić information content (AvgIpc) is 2.67. The second-order valence-electron chi connectivity index (χ2n) is 8.02. The first kappa shape index (κ1) is 20.8. The molecule has 0 spiro atoms. The van der Waals surface area contributed by atoms with Gasteiger partial charge in [0.2, 0.25) is 5.91 Å². The largest absolute Gasteiger partial charge is 0.339 e. The van der Waals surface area contributed by atoms with Crippen molar-refractivity contribution in [2.75, 3.05) is 25.4 Å². The van der Waals surface area contributed by atoms with Crippen LogP contribution in [0.5, 0.6) is 0 Å². The van der Waals surface area contributed by atoms with Gasteiger partial charge in [-0.05, 0) is 63.1 Å². The standard InChI is InChI=1S/C21H30N2O4S/c1-17-8-3-6-13-23(17)20(24)16-28(26,27)15-18-9-7-10-19(14-18)21(25)22-11-4-2-5-12-22/h7,9-10,14,17H,2-6,8,11-13,15-16H2,1H3. The summed E-state index contributed by atoms with van der Waals surface area (Å²) in [6.07, 6.45) is 6.10. The average molecular weight is 407 g/mol. The van der Waals surface area contributed by atoms with Crippen molar-refractivity contribution in [2.24, 2.45) is 0 Å². The van der Waals surface area contributed by atoms with Gasteiger partial charge in [0.25, 0.3) is 5.91 Å². The van der Waals surface area contributed by atoms with Crippen molar-refractivity contribution in [3.05, 3.63) is 35.4 Å². The summed E-state index contributed by atoms with van der Waals surface area (Å²) in [5, 5.41) is 0. The summed E-state index contributed by atoms with van der Waals surface area (Å²) in [4.78, 5) is 28.7. The van der Waals surface area contributed by atoms with E-state index in [1.165, 1.54) is 0 Å². The Labute approximate surface area is 167 Å². The Kier molecular flexibility index (Phi) is 6.75. The molecule has 2 amide bonds. The maximum atomic E-state index is 12.7. The topological polar surface area (TPSA) is 74.8 Å². The maximum absolute atomic E-state index is 12.7. The van der Waals surface area contributed by atoms with Crippen molar-refractivity contribution >= 4 is 21.7 Å². The van der Waals surface area contributed by atoms with Crippen LogP contribution in [0.25, 0.3) is 0 Å². The summed E-state index contributed by atoms with van der Waals surface area (Å²) >= 11 is 0. The third kappa shape index (κ3) is 5.34. The molecule has 1 aromatic carbocycles. The van der Waals surface area contributed by atoms with Gasteiger partial charge in [-0.3, -0.25) is 9.59 Å². The molecule has 1 aromatic rings. The lowest BCUT2D eigenvalue weighted by molar-refractivity contribution is -0.131. The number of piperidine rings is 2. The smallest absolute Gasteiger partial charge is 0.253 e. The number of nitrogens with zero attached hydrogens (tertiary/aromatic N) is 2. The summed E-state index contributed by atoms with van der Waals surface area (Å²) in [5.74, 6) is -1.05. The van der Waals surface area contributed by atoms with E-state index in [1.54, 1.807) is 29.2 Å². The molecule has 0 N–H and O–H groups in total. The molecule has 1 atom stereocenters. The fourth-order valence-corrected chi connectivity index (χ4v) is 5.45. The number of amides is 2. The predicted molar refractivity (Wildman–Crippen MR) is 109 cm³/mol. The highest BCUT2D eigenvalue weighted by Crippen LogP contribution is 2.19. The summed E-state index contributed by atoms with van der Waals surface area (Å²) in [6, 6.07) is 6.91. The minimum absolute atomic E-state index is 0.0443. The minimum atomic E-state index is -3.59. The number of carbonyl (C=O) groups excluding carboxylic acids is 2. The van der Waals surface area contributed by atoms with Crippen LogP contribution in [0.2, 0.25) is 0 Å². The third-order valence-electron chi connectivity index (χ3n) is 5.67. The van der Waals surface area contributed by atoms with Crippen LogP contribution >= 0.6 is 0 Å². The van der Waals surface area contributed by atoms with Crippen molar-refractivity contribution in [2.45, 2.75) is 57.2 Å². The molecule has 0 radical (unpaired) electrons. The van der Waals surface area contributed by atoms with Crippen LogP contribution in [0.4, 0.5) is 0 Å². The predicted octanol–water partition coefficient (Wildman–Crippen LogP) is 2.63. The molecule has 3 rings (SSSR count). The second kappa shape index (κ2) is 9.07. The molecule has 2 aliphatic rings.